The Bertz CT molecular complexity index is 772. The van der Waals surface area contributed by atoms with Gasteiger partial charge in [0.25, 0.3) is 10.0 Å². The first-order chi connectivity index (χ1) is 11.5. The number of anilines is 2. The maximum Gasteiger partial charge on any atom is 0.265 e. The van der Waals surface area contributed by atoms with Crippen LogP contribution in [0.1, 0.15) is 26.7 Å². The van der Waals surface area contributed by atoms with E-state index in [1.54, 1.807) is 24.3 Å². The van der Waals surface area contributed by atoms with Crippen molar-refractivity contribution in [2.75, 3.05) is 16.2 Å². The summed E-state index contributed by atoms with van der Waals surface area (Å²) in [6.07, 6.45) is 3.94. The summed E-state index contributed by atoms with van der Waals surface area (Å²) in [5.41, 5.74) is 0.657. The third-order valence-corrected chi connectivity index (χ3v) is 6.25. The Hall–Kier alpha value is -2.08. The van der Waals surface area contributed by atoms with E-state index in [4.69, 9.17) is 0 Å². The molecule has 1 saturated carbocycles. The first-order valence-electron chi connectivity index (χ1n) is 8.32. The monoisotopic (exact) mass is 345 g/mol. The molecule has 24 heavy (non-hydrogen) atoms. The normalized spacial score (nSPS) is 15.8. The molecule has 1 fully saturated rings. The highest BCUT2D eigenvalue weighted by Crippen LogP contribution is 2.33. The molecule has 0 saturated heterocycles. The number of nitrogens with zero attached hydrogens (tertiary/aromatic N) is 2. The number of pyridine rings is 1. The summed E-state index contributed by atoms with van der Waals surface area (Å²) in [6.45, 7) is 4.33. The lowest BCUT2D eigenvalue weighted by Crippen LogP contribution is -2.30. The van der Waals surface area contributed by atoms with Crippen molar-refractivity contribution in [3.8, 4) is 0 Å². The van der Waals surface area contributed by atoms with Crippen molar-refractivity contribution < 1.29 is 8.42 Å². The van der Waals surface area contributed by atoms with Gasteiger partial charge >= 0.3 is 0 Å². The van der Waals surface area contributed by atoms with Crippen molar-refractivity contribution in [2.24, 2.45) is 5.92 Å². The van der Waals surface area contributed by atoms with Gasteiger partial charge in [0, 0.05) is 18.8 Å². The van der Waals surface area contributed by atoms with E-state index in [0.29, 0.717) is 24.2 Å². The van der Waals surface area contributed by atoms with Crippen LogP contribution in [0.3, 0.4) is 0 Å². The van der Waals surface area contributed by atoms with Crippen LogP contribution in [-0.2, 0) is 10.0 Å². The number of nitrogens with one attached hydrogen (secondary N) is 1. The lowest BCUT2D eigenvalue weighted by atomic mass is 10.2. The maximum atomic E-state index is 12.9. The predicted octanol–water partition coefficient (Wildman–Crippen LogP) is 3.51. The van der Waals surface area contributed by atoms with E-state index >= 15 is 0 Å². The summed E-state index contributed by atoms with van der Waals surface area (Å²) >= 11 is 0. The number of para-hydroxylation sites is 1. The van der Waals surface area contributed by atoms with E-state index < -0.39 is 10.0 Å². The Morgan fingerprint density at radius 2 is 1.92 bits per heavy atom. The van der Waals surface area contributed by atoms with E-state index in [1.807, 2.05) is 25.1 Å². The minimum absolute atomic E-state index is 0.206. The average Bonchev–Trinajstić information content (AvgIpc) is 3.42. The number of benzene rings is 1. The van der Waals surface area contributed by atoms with Gasteiger partial charge in [-0.3, -0.25) is 4.31 Å². The summed E-state index contributed by atoms with van der Waals surface area (Å²) in [7, 11) is -3.61. The zero-order valence-electron chi connectivity index (χ0n) is 14.0. The summed E-state index contributed by atoms with van der Waals surface area (Å²) in [6, 6.07) is 12.9. The average molecular weight is 345 g/mol. The topological polar surface area (TPSA) is 62.3 Å². The van der Waals surface area contributed by atoms with Crippen LogP contribution in [-0.4, -0.2) is 26.0 Å². The smallest absolute Gasteiger partial charge is 0.265 e. The van der Waals surface area contributed by atoms with Gasteiger partial charge in [0.05, 0.1) is 5.69 Å². The molecule has 6 heteroatoms. The summed E-state index contributed by atoms with van der Waals surface area (Å²) < 4.78 is 27.2. The quantitative estimate of drug-likeness (QED) is 0.834. The van der Waals surface area contributed by atoms with Crippen LogP contribution in [0.2, 0.25) is 0 Å². The molecule has 5 nitrogen and oxygen atoms in total. The second-order valence-electron chi connectivity index (χ2n) is 6.15. The molecule has 0 bridgehead atoms. The number of aromatic nitrogens is 1. The second-order valence-corrected chi connectivity index (χ2v) is 8.02. The van der Waals surface area contributed by atoms with Crippen molar-refractivity contribution in [1.29, 1.82) is 0 Å². The van der Waals surface area contributed by atoms with Gasteiger partial charge in [0.2, 0.25) is 0 Å². The molecule has 1 aromatic carbocycles. The molecule has 0 spiro atoms. The molecule has 0 aliphatic heterocycles. The molecule has 0 radical (unpaired) electrons. The van der Waals surface area contributed by atoms with E-state index in [9.17, 15) is 8.42 Å². The number of hydrogen-bond acceptors (Lipinski definition) is 4. The van der Waals surface area contributed by atoms with Gasteiger partial charge in [-0.2, -0.15) is 0 Å². The molecule has 1 atom stereocenters. The lowest BCUT2D eigenvalue weighted by molar-refractivity contribution is 0.591. The molecule has 1 aliphatic rings. The molecule has 128 valence electrons. The van der Waals surface area contributed by atoms with E-state index in [2.05, 4.69) is 17.2 Å². The predicted molar refractivity (Wildman–Crippen MR) is 96.7 cm³/mol. The van der Waals surface area contributed by atoms with Gasteiger partial charge in [-0.1, -0.05) is 18.2 Å². The fourth-order valence-corrected chi connectivity index (χ4v) is 4.20. The second kappa shape index (κ2) is 6.81. The van der Waals surface area contributed by atoms with Crippen LogP contribution in [0.5, 0.6) is 0 Å². The SMILES string of the molecule is CCN(c1ccccc1)S(=O)(=O)c1ccc(N[C@@H](C)C2CC2)nc1. The van der Waals surface area contributed by atoms with Gasteiger partial charge in [0.1, 0.15) is 10.7 Å². The van der Waals surface area contributed by atoms with Crippen LogP contribution in [0.15, 0.2) is 53.6 Å². The highest BCUT2D eigenvalue weighted by atomic mass is 32.2. The largest absolute Gasteiger partial charge is 0.367 e. The molecule has 1 aliphatic carbocycles. The molecule has 3 rings (SSSR count). The zero-order valence-corrected chi connectivity index (χ0v) is 14.8. The third kappa shape index (κ3) is 3.53. The summed E-state index contributed by atoms with van der Waals surface area (Å²) in [5.74, 6) is 1.43. The van der Waals surface area contributed by atoms with Crippen LogP contribution in [0.4, 0.5) is 11.5 Å². The van der Waals surface area contributed by atoms with E-state index in [0.717, 1.165) is 5.82 Å². The molecule has 2 aromatic rings. The van der Waals surface area contributed by atoms with Crippen LogP contribution in [0, 0.1) is 5.92 Å². The molecule has 0 amide bonds. The molecule has 1 N–H and O–H groups in total. The molecular formula is C18H23N3O2S. The van der Waals surface area contributed by atoms with Gasteiger partial charge < -0.3 is 5.32 Å². The molecule has 1 heterocycles. The minimum Gasteiger partial charge on any atom is -0.367 e. The standard InChI is InChI=1S/C18H23N3O2S/c1-3-21(16-7-5-4-6-8-16)24(22,23)17-11-12-18(19-13-17)20-14(2)15-9-10-15/h4-8,11-15H,3,9-10H2,1-2H3,(H,19,20)/t14-/m0/s1. The number of rotatable bonds is 7. The first-order valence-corrected chi connectivity index (χ1v) is 9.76. The molecule has 1 aromatic heterocycles. The highest BCUT2D eigenvalue weighted by Gasteiger charge is 2.28. The number of sulfonamides is 1. The van der Waals surface area contributed by atoms with Gasteiger partial charge in [-0.05, 0) is 56.9 Å². The fraction of sp³-hybridized carbons (Fsp3) is 0.389. The minimum atomic E-state index is -3.61. The van der Waals surface area contributed by atoms with Crippen molar-refractivity contribution in [1.82, 2.24) is 4.98 Å². The Morgan fingerprint density at radius 3 is 2.46 bits per heavy atom. The number of hydrogen-bond donors (Lipinski definition) is 1. The molecule has 0 unspecified atom stereocenters. The Balaban J connectivity index is 1.80. The van der Waals surface area contributed by atoms with Crippen LogP contribution < -0.4 is 9.62 Å². The van der Waals surface area contributed by atoms with Crippen molar-refractivity contribution in [2.45, 2.75) is 37.6 Å². The Labute approximate surface area is 143 Å². The Kier molecular flexibility index (Phi) is 4.76. The fourth-order valence-electron chi connectivity index (χ4n) is 2.78. The first kappa shape index (κ1) is 16.8. The van der Waals surface area contributed by atoms with Crippen molar-refractivity contribution >= 4 is 21.5 Å². The molecular weight excluding hydrogens is 322 g/mol. The highest BCUT2D eigenvalue weighted by molar-refractivity contribution is 7.92. The van der Waals surface area contributed by atoms with Gasteiger partial charge in [-0.15, -0.1) is 0 Å². The third-order valence-electron chi connectivity index (χ3n) is 4.36. The van der Waals surface area contributed by atoms with Crippen molar-refractivity contribution in [3.05, 3.63) is 48.7 Å². The maximum absolute atomic E-state index is 12.9. The van der Waals surface area contributed by atoms with Gasteiger partial charge in [0.15, 0.2) is 0 Å². The van der Waals surface area contributed by atoms with Crippen LogP contribution in [0.25, 0.3) is 0 Å². The summed E-state index contributed by atoms with van der Waals surface area (Å²) in [4.78, 5) is 4.49. The zero-order chi connectivity index (χ0) is 17.2. The van der Waals surface area contributed by atoms with E-state index in [-0.39, 0.29) is 4.90 Å². The Morgan fingerprint density at radius 1 is 1.21 bits per heavy atom. The lowest BCUT2D eigenvalue weighted by Gasteiger charge is -2.23. The summed E-state index contributed by atoms with van der Waals surface area (Å²) in [5, 5.41) is 3.34. The van der Waals surface area contributed by atoms with Crippen LogP contribution >= 0.6 is 0 Å². The van der Waals surface area contributed by atoms with Gasteiger partial charge in [-0.25, -0.2) is 13.4 Å². The van der Waals surface area contributed by atoms with E-state index in [1.165, 1.54) is 23.3 Å². The van der Waals surface area contributed by atoms with Crippen molar-refractivity contribution in [3.63, 3.8) is 0 Å².